The second kappa shape index (κ2) is 8.10. The van der Waals surface area contributed by atoms with E-state index in [1.54, 1.807) is 12.3 Å². The first-order chi connectivity index (χ1) is 12.5. The molecule has 2 aromatic rings. The summed E-state index contributed by atoms with van der Waals surface area (Å²) in [6.45, 7) is 1.95. The molecule has 0 spiro atoms. The van der Waals surface area contributed by atoms with Gasteiger partial charge in [0.15, 0.2) is 0 Å². The van der Waals surface area contributed by atoms with Crippen LogP contribution in [-0.4, -0.2) is 44.2 Å². The number of rotatable bonds is 7. The van der Waals surface area contributed by atoms with Crippen molar-refractivity contribution in [3.63, 3.8) is 0 Å². The van der Waals surface area contributed by atoms with Crippen LogP contribution in [0.15, 0.2) is 47.5 Å². The Morgan fingerprint density at radius 2 is 2.00 bits per heavy atom. The van der Waals surface area contributed by atoms with E-state index < -0.39 is 5.92 Å². The van der Waals surface area contributed by atoms with Crippen molar-refractivity contribution in [2.24, 2.45) is 4.99 Å². The van der Waals surface area contributed by atoms with Crippen molar-refractivity contribution in [2.75, 3.05) is 37.8 Å². The predicted octanol–water partition coefficient (Wildman–Crippen LogP) is 3.63. The van der Waals surface area contributed by atoms with E-state index in [-0.39, 0.29) is 11.7 Å². The van der Waals surface area contributed by atoms with E-state index in [2.05, 4.69) is 34.6 Å². The fraction of sp³-hybridized carbons (Fsp3) is 0.300. The van der Waals surface area contributed by atoms with Gasteiger partial charge in [0.05, 0.1) is 5.69 Å². The molecule has 1 unspecified atom stereocenters. The number of nitrogens with zero attached hydrogens (tertiary/aromatic N) is 2. The Balaban J connectivity index is 1.61. The zero-order valence-electron chi connectivity index (χ0n) is 15.0. The minimum absolute atomic E-state index is 0.187. The molecule has 0 bridgehead atoms. The third-order valence-corrected chi connectivity index (χ3v) is 4.24. The van der Waals surface area contributed by atoms with Crippen molar-refractivity contribution in [2.45, 2.75) is 12.3 Å². The molecule has 1 aliphatic rings. The highest BCUT2D eigenvalue weighted by atomic mass is 19.1. The minimum Gasteiger partial charge on any atom is -0.385 e. The number of halogens is 1. The van der Waals surface area contributed by atoms with Crippen molar-refractivity contribution in [1.29, 1.82) is 0 Å². The summed E-state index contributed by atoms with van der Waals surface area (Å²) in [7, 11) is 4.12. The number of aliphatic imine (C=N–C) groups is 1. The maximum Gasteiger partial charge on any atom is 0.237 e. The molecule has 0 fully saturated rings. The zero-order valence-corrected chi connectivity index (χ0v) is 15.0. The van der Waals surface area contributed by atoms with Crippen molar-refractivity contribution in [3.05, 3.63) is 53.8 Å². The Hall–Kier alpha value is -2.73. The lowest BCUT2D eigenvalue weighted by molar-refractivity contribution is -0.115. The second-order valence-corrected chi connectivity index (χ2v) is 6.61. The summed E-state index contributed by atoms with van der Waals surface area (Å²) in [6.07, 6.45) is 2.64. The molecule has 1 heterocycles. The molecule has 1 aliphatic heterocycles. The number of nitrogens with one attached hydrogen (secondary N) is 2. The van der Waals surface area contributed by atoms with Gasteiger partial charge in [0, 0.05) is 24.1 Å². The van der Waals surface area contributed by atoms with Crippen LogP contribution in [0.1, 0.15) is 17.9 Å². The number of fused-ring (bicyclic) bond motifs is 1. The molecule has 136 valence electrons. The number of amides is 1. The molecule has 0 saturated heterocycles. The van der Waals surface area contributed by atoms with Gasteiger partial charge in [-0.2, -0.15) is 0 Å². The summed E-state index contributed by atoms with van der Waals surface area (Å²) in [4.78, 5) is 18.6. The van der Waals surface area contributed by atoms with Crippen LogP contribution in [0.5, 0.6) is 0 Å². The number of benzene rings is 2. The highest BCUT2D eigenvalue weighted by Crippen LogP contribution is 2.32. The van der Waals surface area contributed by atoms with Gasteiger partial charge >= 0.3 is 0 Å². The average Bonchev–Trinajstić information content (AvgIpc) is 2.92. The van der Waals surface area contributed by atoms with E-state index >= 15 is 0 Å². The van der Waals surface area contributed by atoms with E-state index in [1.807, 2.05) is 24.3 Å². The van der Waals surface area contributed by atoms with Crippen LogP contribution in [0.4, 0.5) is 21.5 Å². The van der Waals surface area contributed by atoms with Crippen molar-refractivity contribution < 1.29 is 9.18 Å². The van der Waals surface area contributed by atoms with Gasteiger partial charge in [0.2, 0.25) is 5.91 Å². The minimum atomic E-state index is -0.565. The number of anilines is 2. The molecule has 6 heteroatoms. The molecule has 0 radical (unpaired) electrons. The van der Waals surface area contributed by atoms with Gasteiger partial charge in [-0.25, -0.2) is 4.39 Å². The predicted molar refractivity (Wildman–Crippen MR) is 104 cm³/mol. The fourth-order valence-corrected chi connectivity index (χ4v) is 2.86. The smallest absolute Gasteiger partial charge is 0.237 e. The Morgan fingerprint density at radius 3 is 2.73 bits per heavy atom. The van der Waals surface area contributed by atoms with Gasteiger partial charge in [-0.1, -0.05) is 0 Å². The maximum atomic E-state index is 13.4. The average molecular weight is 354 g/mol. The van der Waals surface area contributed by atoms with Crippen LogP contribution in [0.25, 0.3) is 0 Å². The van der Waals surface area contributed by atoms with E-state index in [0.29, 0.717) is 11.3 Å². The highest BCUT2D eigenvalue weighted by molar-refractivity contribution is 6.12. The molecule has 3 rings (SSSR count). The molecular weight excluding hydrogens is 331 g/mol. The lowest BCUT2D eigenvalue weighted by Crippen LogP contribution is -2.16. The molecule has 5 nitrogen and oxygen atoms in total. The Labute approximate surface area is 152 Å². The maximum absolute atomic E-state index is 13.4. The summed E-state index contributed by atoms with van der Waals surface area (Å²) in [6, 6.07) is 12.0. The molecule has 26 heavy (non-hydrogen) atoms. The summed E-state index contributed by atoms with van der Waals surface area (Å²) in [5, 5.41) is 6.11. The molecule has 1 amide bonds. The van der Waals surface area contributed by atoms with Crippen LogP contribution in [0.3, 0.4) is 0 Å². The summed E-state index contributed by atoms with van der Waals surface area (Å²) < 4.78 is 13.4. The van der Waals surface area contributed by atoms with Crippen LogP contribution < -0.4 is 10.6 Å². The van der Waals surface area contributed by atoms with E-state index in [9.17, 15) is 9.18 Å². The Morgan fingerprint density at radius 1 is 1.23 bits per heavy atom. The molecule has 0 aromatic heterocycles. The number of carbonyl (C=O) groups excluding carboxylic acids is 1. The Bertz CT molecular complexity index is 802. The SMILES string of the molecule is CN(C)CCCNc1ccc(N=CC2C(=O)Nc3ccc(F)cc32)cc1. The first-order valence-corrected chi connectivity index (χ1v) is 8.66. The van der Waals surface area contributed by atoms with Crippen LogP contribution in [0, 0.1) is 5.82 Å². The lowest BCUT2D eigenvalue weighted by atomic mass is 10.0. The summed E-state index contributed by atoms with van der Waals surface area (Å²) in [5.41, 5.74) is 3.05. The van der Waals surface area contributed by atoms with Gasteiger partial charge in [-0.3, -0.25) is 9.79 Å². The zero-order chi connectivity index (χ0) is 18.5. The van der Waals surface area contributed by atoms with Crippen LogP contribution in [-0.2, 0) is 4.79 Å². The number of hydrogen-bond acceptors (Lipinski definition) is 4. The molecule has 1 atom stereocenters. The molecule has 2 aromatic carbocycles. The third kappa shape index (κ3) is 4.46. The largest absolute Gasteiger partial charge is 0.385 e. The van der Waals surface area contributed by atoms with Crippen LogP contribution in [0.2, 0.25) is 0 Å². The van der Waals surface area contributed by atoms with Crippen molar-refractivity contribution in [1.82, 2.24) is 4.90 Å². The quantitative estimate of drug-likeness (QED) is 0.590. The van der Waals surface area contributed by atoms with Gasteiger partial charge < -0.3 is 15.5 Å². The van der Waals surface area contributed by atoms with Crippen molar-refractivity contribution >= 4 is 29.2 Å². The summed E-state index contributed by atoms with van der Waals surface area (Å²) >= 11 is 0. The molecule has 0 saturated carbocycles. The van der Waals surface area contributed by atoms with Gasteiger partial charge in [-0.15, -0.1) is 0 Å². The first-order valence-electron chi connectivity index (χ1n) is 8.66. The highest BCUT2D eigenvalue weighted by Gasteiger charge is 2.29. The molecular formula is C20H23FN4O. The van der Waals surface area contributed by atoms with Gasteiger partial charge in [-0.05, 0) is 75.1 Å². The van der Waals surface area contributed by atoms with E-state index in [4.69, 9.17) is 0 Å². The van der Waals surface area contributed by atoms with E-state index in [0.717, 1.165) is 30.9 Å². The molecule has 2 N–H and O–H groups in total. The topological polar surface area (TPSA) is 56.7 Å². The summed E-state index contributed by atoms with van der Waals surface area (Å²) in [5.74, 6) is -1.11. The number of carbonyl (C=O) groups is 1. The van der Waals surface area contributed by atoms with Crippen molar-refractivity contribution in [3.8, 4) is 0 Å². The normalized spacial score (nSPS) is 16.2. The Kier molecular flexibility index (Phi) is 5.63. The second-order valence-electron chi connectivity index (χ2n) is 6.61. The standard InChI is InChI=1S/C20H23FN4O/c1-25(2)11-3-10-22-15-5-7-16(8-6-15)23-13-18-17-12-14(21)4-9-19(17)24-20(18)26/h4-9,12-13,18,22H,3,10-11H2,1-2H3,(H,24,26). The van der Waals surface area contributed by atoms with Gasteiger partial charge in [0.25, 0.3) is 0 Å². The van der Waals surface area contributed by atoms with E-state index in [1.165, 1.54) is 12.1 Å². The fourth-order valence-electron chi connectivity index (χ4n) is 2.86. The molecule has 0 aliphatic carbocycles. The third-order valence-electron chi connectivity index (χ3n) is 4.24. The van der Waals surface area contributed by atoms with Gasteiger partial charge in [0.1, 0.15) is 11.7 Å². The van der Waals surface area contributed by atoms with Crippen LogP contribution >= 0.6 is 0 Å². The monoisotopic (exact) mass is 354 g/mol. The number of hydrogen-bond donors (Lipinski definition) is 2. The first kappa shape index (κ1) is 18.1. The lowest BCUT2D eigenvalue weighted by Gasteiger charge is -2.10.